The van der Waals surface area contributed by atoms with Crippen LogP contribution in [0.1, 0.15) is 16.1 Å². The Balaban J connectivity index is 0.00000176. The number of aromatic nitrogens is 2. The van der Waals surface area contributed by atoms with Gasteiger partial charge >= 0.3 is 0 Å². The summed E-state index contributed by atoms with van der Waals surface area (Å²) in [7, 11) is 1.78. The Morgan fingerprint density at radius 3 is 2.77 bits per heavy atom. The van der Waals surface area contributed by atoms with Crippen LogP contribution in [0.25, 0.3) is 4.96 Å². The number of thiophene rings is 1. The fraction of sp³-hybridized carbons (Fsp3) is 0.286. The number of hydrogen-bond donors (Lipinski definition) is 2. The first kappa shape index (κ1) is 17.2. The van der Waals surface area contributed by atoms with Gasteiger partial charge in [0.1, 0.15) is 0 Å². The van der Waals surface area contributed by atoms with Gasteiger partial charge in [0, 0.05) is 29.7 Å². The molecule has 3 rings (SSSR count). The molecule has 0 atom stereocenters. The summed E-state index contributed by atoms with van der Waals surface area (Å²) < 4.78 is 2.03. The van der Waals surface area contributed by atoms with Gasteiger partial charge in [-0.1, -0.05) is 0 Å². The summed E-state index contributed by atoms with van der Waals surface area (Å²) in [5, 5.41) is 10.8. The molecule has 3 aromatic heterocycles. The highest BCUT2D eigenvalue weighted by Crippen LogP contribution is 2.14. The first-order chi connectivity index (χ1) is 10.3. The molecule has 3 heterocycles. The van der Waals surface area contributed by atoms with Crippen LogP contribution in [-0.4, -0.2) is 22.4 Å². The molecule has 0 spiro atoms. The zero-order valence-corrected chi connectivity index (χ0v) is 16.3. The zero-order valence-electron chi connectivity index (χ0n) is 12.4. The minimum absolute atomic E-state index is 0. The van der Waals surface area contributed by atoms with Gasteiger partial charge < -0.3 is 10.6 Å². The smallest absolute Gasteiger partial charge is 0.193 e. The third kappa shape index (κ3) is 3.99. The lowest BCUT2D eigenvalue weighted by Crippen LogP contribution is -2.36. The van der Waals surface area contributed by atoms with E-state index in [4.69, 9.17) is 0 Å². The summed E-state index contributed by atoms with van der Waals surface area (Å²) in [6, 6.07) is 2.13. The van der Waals surface area contributed by atoms with E-state index >= 15 is 0 Å². The molecule has 8 heteroatoms. The van der Waals surface area contributed by atoms with E-state index in [0.29, 0.717) is 6.54 Å². The summed E-state index contributed by atoms with van der Waals surface area (Å²) >= 11 is 3.40. The normalized spacial score (nSPS) is 11.5. The van der Waals surface area contributed by atoms with Gasteiger partial charge in [-0.15, -0.1) is 46.7 Å². The van der Waals surface area contributed by atoms with Crippen molar-refractivity contribution in [3.8, 4) is 0 Å². The first-order valence-corrected chi connectivity index (χ1v) is 8.41. The Hall–Kier alpha value is -1.13. The Labute approximate surface area is 154 Å². The molecule has 0 saturated carbocycles. The maximum Gasteiger partial charge on any atom is 0.193 e. The minimum Gasteiger partial charge on any atom is -0.352 e. The molecule has 0 aromatic carbocycles. The van der Waals surface area contributed by atoms with Crippen molar-refractivity contribution in [3.05, 3.63) is 45.4 Å². The van der Waals surface area contributed by atoms with Crippen molar-refractivity contribution in [3.63, 3.8) is 0 Å². The number of rotatable bonds is 4. The Morgan fingerprint density at radius 2 is 2.09 bits per heavy atom. The summed E-state index contributed by atoms with van der Waals surface area (Å²) in [6.07, 6.45) is 4.05. The van der Waals surface area contributed by atoms with E-state index in [1.54, 1.807) is 29.7 Å². The number of aliphatic imine (C=N–C) groups is 1. The molecule has 0 aliphatic rings. The number of nitrogens with one attached hydrogen (secondary N) is 2. The van der Waals surface area contributed by atoms with Crippen molar-refractivity contribution in [1.82, 2.24) is 20.0 Å². The maximum atomic E-state index is 4.54. The highest BCUT2D eigenvalue weighted by molar-refractivity contribution is 14.0. The Bertz CT molecular complexity index is 730. The van der Waals surface area contributed by atoms with Gasteiger partial charge in [0.25, 0.3) is 0 Å². The van der Waals surface area contributed by atoms with Crippen LogP contribution >= 0.6 is 46.7 Å². The van der Waals surface area contributed by atoms with Gasteiger partial charge in [-0.2, -0.15) is 0 Å². The number of halogens is 1. The first-order valence-electron chi connectivity index (χ1n) is 6.65. The second-order valence-corrected chi connectivity index (χ2v) is 6.50. The SMILES string of the molecule is CN=C(NCc1cn2ccsc2n1)NCc1sccc1C.I. The van der Waals surface area contributed by atoms with E-state index in [1.165, 1.54) is 10.4 Å². The number of fused-ring (bicyclic) bond motifs is 1. The molecule has 0 unspecified atom stereocenters. The van der Waals surface area contributed by atoms with Crippen LogP contribution in [0, 0.1) is 6.92 Å². The Kier molecular flexibility index (Phi) is 6.21. The van der Waals surface area contributed by atoms with Gasteiger partial charge in [-0.25, -0.2) is 4.98 Å². The Morgan fingerprint density at radius 1 is 1.27 bits per heavy atom. The van der Waals surface area contributed by atoms with Gasteiger partial charge in [-0.05, 0) is 23.9 Å². The van der Waals surface area contributed by atoms with E-state index in [9.17, 15) is 0 Å². The third-order valence-corrected chi connectivity index (χ3v) is 4.98. The molecule has 118 valence electrons. The monoisotopic (exact) mass is 447 g/mol. The standard InChI is InChI=1S/C14H17N5S2.HI/c1-10-3-5-20-12(10)8-17-13(15-2)16-7-11-9-19-4-6-21-14(19)18-11;/h3-6,9H,7-8H2,1-2H3,(H2,15,16,17);1H. The predicted molar refractivity (Wildman–Crippen MR) is 105 cm³/mol. The van der Waals surface area contributed by atoms with Crippen molar-refractivity contribution in [2.24, 2.45) is 4.99 Å². The van der Waals surface area contributed by atoms with Crippen molar-refractivity contribution in [2.75, 3.05) is 7.05 Å². The molecule has 0 saturated heterocycles. The van der Waals surface area contributed by atoms with Crippen LogP contribution in [0.2, 0.25) is 0 Å². The topological polar surface area (TPSA) is 53.7 Å². The highest BCUT2D eigenvalue weighted by atomic mass is 127. The average Bonchev–Trinajstić information content (AvgIpc) is 3.15. The summed E-state index contributed by atoms with van der Waals surface area (Å²) in [4.78, 5) is 11.1. The van der Waals surface area contributed by atoms with Crippen molar-refractivity contribution in [2.45, 2.75) is 20.0 Å². The lowest BCUT2D eigenvalue weighted by atomic mass is 10.3. The number of nitrogens with zero attached hydrogens (tertiary/aromatic N) is 3. The number of guanidine groups is 1. The molecule has 3 aromatic rings. The number of aryl methyl sites for hydroxylation is 1. The van der Waals surface area contributed by atoms with Crippen molar-refractivity contribution < 1.29 is 0 Å². The molecule has 0 amide bonds. The lowest BCUT2D eigenvalue weighted by molar-refractivity contribution is 0.802. The van der Waals surface area contributed by atoms with E-state index in [2.05, 4.69) is 39.0 Å². The van der Waals surface area contributed by atoms with Crippen molar-refractivity contribution >= 4 is 57.6 Å². The molecule has 0 bridgehead atoms. The molecule has 0 radical (unpaired) electrons. The molecule has 5 nitrogen and oxygen atoms in total. The minimum atomic E-state index is 0. The third-order valence-electron chi connectivity index (χ3n) is 3.19. The quantitative estimate of drug-likeness (QED) is 0.367. The highest BCUT2D eigenvalue weighted by Gasteiger charge is 2.05. The van der Waals surface area contributed by atoms with E-state index < -0.39 is 0 Å². The fourth-order valence-corrected chi connectivity index (χ4v) is 3.57. The average molecular weight is 447 g/mol. The molecule has 22 heavy (non-hydrogen) atoms. The van der Waals surface area contributed by atoms with E-state index in [-0.39, 0.29) is 24.0 Å². The number of thiazole rings is 1. The van der Waals surface area contributed by atoms with Crippen LogP contribution < -0.4 is 10.6 Å². The lowest BCUT2D eigenvalue weighted by Gasteiger charge is -2.10. The second kappa shape index (κ2) is 7.93. The predicted octanol–water partition coefficient (Wildman–Crippen LogP) is 3.25. The molecular formula is C14H18IN5S2. The van der Waals surface area contributed by atoms with Crippen LogP contribution in [-0.2, 0) is 13.1 Å². The summed E-state index contributed by atoms with van der Waals surface area (Å²) in [6.45, 7) is 3.58. The van der Waals surface area contributed by atoms with E-state index in [0.717, 1.165) is 23.2 Å². The van der Waals surface area contributed by atoms with Crippen LogP contribution in [0.3, 0.4) is 0 Å². The van der Waals surface area contributed by atoms with Crippen LogP contribution in [0.4, 0.5) is 0 Å². The molecule has 0 fully saturated rings. The zero-order chi connectivity index (χ0) is 14.7. The number of imidazole rings is 1. The van der Waals surface area contributed by atoms with E-state index in [1.807, 2.05) is 22.2 Å². The number of hydrogen-bond acceptors (Lipinski definition) is 4. The largest absolute Gasteiger partial charge is 0.352 e. The van der Waals surface area contributed by atoms with Crippen molar-refractivity contribution in [1.29, 1.82) is 0 Å². The maximum absolute atomic E-state index is 4.54. The van der Waals surface area contributed by atoms with Crippen LogP contribution in [0.5, 0.6) is 0 Å². The molecule has 0 aliphatic carbocycles. The summed E-state index contributed by atoms with van der Waals surface area (Å²) in [5.41, 5.74) is 2.33. The summed E-state index contributed by atoms with van der Waals surface area (Å²) in [5.74, 6) is 0.791. The van der Waals surface area contributed by atoms with Crippen LogP contribution in [0.15, 0.2) is 34.2 Å². The molecule has 2 N–H and O–H groups in total. The van der Waals surface area contributed by atoms with Gasteiger partial charge in [-0.3, -0.25) is 9.39 Å². The second-order valence-electron chi connectivity index (χ2n) is 4.63. The van der Waals surface area contributed by atoms with Gasteiger partial charge in [0.15, 0.2) is 10.9 Å². The van der Waals surface area contributed by atoms with Gasteiger partial charge in [0.05, 0.1) is 18.8 Å². The van der Waals surface area contributed by atoms with Gasteiger partial charge in [0.2, 0.25) is 0 Å². The molecule has 0 aliphatic heterocycles. The molecular weight excluding hydrogens is 429 g/mol. The fourth-order valence-electron chi connectivity index (χ4n) is 2.01.